The lowest BCUT2D eigenvalue weighted by Crippen LogP contribution is -2.09. The molecule has 1 aromatic carbocycles. The summed E-state index contributed by atoms with van der Waals surface area (Å²) in [6.07, 6.45) is 1.12. The third-order valence-corrected chi connectivity index (χ3v) is 3.22. The van der Waals surface area contributed by atoms with Crippen LogP contribution in [0.4, 0.5) is 0 Å². The van der Waals surface area contributed by atoms with Gasteiger partial charge in [0.25, 0.3) is 0 Å². The van der Waals surface area contributed by atoms with Crippen LogP contribution in [0.3, 0.4) is 0 Å². The minimum absolute atomic E-state index is 0.467. The number of hydrogen-bond donors (Lipinski definition) is 1. The van der Waals surface area contributed by atoms with Gasteiger partial charge >= 0.3 is 0 Å². The molecular weight excluding hydrogens is 218 g/mol. The zero-order chi connectivity index (χ0) is 12.3. The molecule has 1 aliphatic rings. The van der Waals surface area contributed by atoms with E-state index >= 15 is 0 Å². The van der Waals surface area contributed by atoms with Gasteiger partial charge in [0.1, 0.15) is 5.75 Å². The van der Waals surface area contributed by atoms with Gasteiger partial charge in [-0.15, -0.1) is 0 Å². The Bertz CT molecular complexity index is 386. The highest BCUT2D eigenvalue weighted by Crippen LogP contribution is 2.40. The summed E-state index contributed by atoms with van der Waals surface area (Å²) in [5.41, 5.74) is 1.16. The van der Waals surface area contributed by atoms with Gasteiger partial charge < -0.3 is 19.5 Å². The maximum absolute atomic E-state index is 5.47. The summed E-state index contributed by atoms with van der Waals surface area (Å²) in [7, 11) is 4.99. The van der Waals surface area contributed by atoms with Crippen LogP contribution in [0.5, 0.6) is 17.2 Å². The van der Waals surface area contributed by atoms with Gasteiger partial charge in [0.2, 0.25) is 0 Å². The van der Waals surface area contributed by atoms with Crippen molar-refractivity contribution < 1.29 is 14.2 Å². The highest BCUT2D eigenvalue weighted by atomic mass is 16.5. The van der Waals surface area contributed by atoms with E-state index in [0.717, 1.165) is 42.3 Å². The Balaban J connectivity index is 2.45. The minimum atomic E-state index is 0.467. The molecule has 1 aliphatic heterocycles. The molecule has 4 nitrogen and oxygen atoms in total. The molecule has 2 rings (SSSR count). The minimum Gasteiger partial charge on any atom is -0.497 e. The highest BCUT2D eigenvalue weighted by Gasteiger charge is 2.23. The summed E-state index contributed by atoms with van der Waals surface area (Å²) in [5.74, 6) is 2.83. The van der Waals surface area contributed by atoms with Crippen molar-refractivity contribution in [1.29, 1.82) is 0 Å². The Morgan fingerprint density at radius 1 is 1.12 bits per heavy atom. The second-order valence-electron chi connectivity index (χ2n) is 4.14. The molecule has 4 heteroatoms. The molecule has 1 fully saturated rings. The summed E-state index contributed by atoms with van der Waals surface area (Å²) >= 11 is 0. The molecule has 0 aromatic heterocycles. The van der Waals surface area contributed by atoms with Gasteiger partial charge in [0, 0.05) is 24.1 Å². The maximum atomic E-state index is 5.47. The molecule has 94 valence electrons. The van der Waals surface area contributed by atoms with Crippen LogP contribution in [-0.2, 0) is 0 Å². The lowest BCUT2D eigenvalue weighted by molar-refractivity contribution is 0.343. The largest absolute Gasteiger partial charge is 0.497 e. The molecule has 1 atom stereocenters. The molecule has 0 radical (unpaired) electrons. The summed E-state index contributed by atoms with van der Waals surface area (Å²) < 4.78 is 16.1. The predicted octanol–water partition coefficient (Wildman–Crippen LogP) is 1.79. The number of ether oxygens (including phenoxy) is 3. The zero-order valence-electron chi connectivity index (χ0n) is 10.6. The summed E-state index contributed by atoms with van der Waals surface area (Å²) in [5, 5.41) is 3.36. The molecule has 0 spiro atoms. The molecule has 0 saturated carbocycles. The van der Waals surface area contributed by atoms with Gasteiger partial charge in [0.05, 0.1) is 21.3 Å². The van der Waals surface area contributed by atoms with Gasteiger partial charge in [-0.25, -0.2) is 0 Å². The monoisotopic (exact) mass is 237 g/mol. The highest BCUT2D eigenvalue weighted by molar-refractivity contribution is 5.53. The fourth-order valence-corrected chi connectivity index (χ4v) is 2.31. The lowest BCUT2D eigenvalue weighted by atomic mass is 9.96. The number of benzene rings is 1. The summed E-state index contributed by atoms with van der Waals surface area (Å²) in [6.45, 7) is 2.03. The van der Waals surface area contributed by atoms with E-state index in [2.05, 4.69) is 5.32 Å². The first kappa shape index (κ1) is 12.0. The molecule has 0 bridgehead atoms. The fourth-order valence-electron chi connectivity index (χ4n) is 2.31. The first-order valence-electron chi connectivity index (χ1n) is 5.80. The number of rotatable bonds is 4. The van der Waals surface area contributed by atoms with E-state index in [1.807, 2.05) is 12.1 Å². The molecular formula is C13H19NO3. The van der Waals surface area contributed by atoms with Gasteiger partial charge in [-0.05, 0) is 19.0 Å². The molecule has 17 heavy (non-hydrogen) atoms. The third kappa shape index (κ3) is 2.31. The molecule has 1 unspecified atom stereocenters. The van der Waals surface area contributed by atoms with Crippen molar-refractivity contribution in [3.05, 3.63) is 17.7 Å². The van der Waals surface area contributed by atoms with E-state index < -0.39 is 0 Å². The molecule has 1 N–H and O–H groups in total. The van der Waals surface area contributed by atoms with Crippen LogP contribution >= 0.6 is 0 Å². The summed E-state index contributed by atoms with van der Waals surface area (Å²) in [6, 6.07) is 3.89. The van der Waals surface area contributed by atoms with E-state index in [1.54, 1.807) is 21.3 Å². The van der Waals surface area contributed by atoms with Crippen LogP contribution in [0.2, 0.25) is 0 Å². The normalized spacial score (nSPS) is 19.1. The van der Waals surface area contributed by atoms with Crippen molar-refractivity contribution in [2.24, 2.45) is 0 Å². The standard InChI is InChI=1S/C13H19NO3/c1-15-10-6-11(9-4-5-14-8-9)13(17-3)12(7-10)16-2/h6-7,9,14H,4-5,8H2,1-3H3. The smallest absolute Gasteiger partial charge is 0.164 e. The van der Waals surface area contributed by atoms with Crippen LogP contribution in [0, 0.1) is 0 Å². The van der Waals surface area contributed by atoms with Crippen molar-refractivity contribution in [2.75, 3.05) is 34.4 Å². The molecule has 0 amide bonds. The third-order valence-electron chi connectivity index (χ3n) is 3.22. The zero-order valence-corrected chi connectivity index (χ0v) is 10.6. The van der Waals surface area contributed by atoms with Crippen LogP contribution < -0.4 is 19.5 Å². The van der Waals surface area contributed by atoms with Gasteiger partial charge in [-0.2, -0.15) is 0 Å². The van der Waals surface area contributed by atoms with E-state index in [4.69, 9.17) is 14.2 Å². The second-order valence-corrected chi connectivity index (χ2v) is 4.14. The average Bonchev–Trinajstić information content (AvgIpc) is 2.90. The predicted molar refractivity (Wildman–Crippen MR) is 66.3 cm³/mol. The van der Waals surface area contributed by atoms with Gasteiger partial charge in [0.15, 0.2) is 11.5 Å². The Kier molecular flexibility index (Phi) is 3.74. The van der Waals surface area contributed by atoms with E-state index in [0.29, 0.717) is 5.92 Å². The lowest BCUT2D eigenvalue weighted by Gasteiger charge is -2.18. The van der Waals surface area contributed by atoms with Crippen molar-refractivity contribution in [3.8, 4) is 17.2 Å². The molecule has 1 heterocycles. The van der Waals surface area contributed by atoms with Crippen molar-refractivity contribution in [1.82, 2.24) is 5.32 Å². The van der Waals surface area contributed by atoms with Crippen LogP contribution in [0.15, 0.2) is 12.1 Å². The maximum Gasteiger partial charge on any atom is 0.164 e. The van der Waals surface area contributed by atoms with E-state index in [-0.39, 0.29) is 0 Å². The fraction of sp³-hybridized carbons (Fsp3) is 0.538. The first-order valence-corrected chi connectivity index (χ1v) is 5.80. The number of methoxy groups -OCH3 is 3. The Hall–Kier alpha value is -1.42. The van der Waals surface area contributed by atoms with Crippen molar-refractivity contribution in [2.45, 2.75) is 12.3 Å². The second kappa shape index (κ2) is 5.27. The van der Waals surface area contributed by atoms with E-state index in [9.17, 15) is 0 Å². The Morgan fingerprint density at radius 2 is 1.94 bits per heavy atom. The first-order chi connectivity index (χ1) is 8.30. The topological polar surface area (TPSA) is 39.7 Å². The Labute approximate surface area is 102 Å². The van der Waals surface area contributed by atoms with Crippen molar-refractivity contribution in [3.63, 3.8) is 0 Å². The summed E-state index contributed by atoms with van der Waals surface area (Å²) in [4.78, 5) is 0. The number of nitrogens with one attached hydrogen (secondary N) is 1. The van der Waals surface area contributed by atoms with Crippen molar-refractivity contribution >= 4 is 0 Å². The number of hydrogen-bond acceptors (Lipinski definition) is 4. The van der Waals surface area contributed by atoms with E-state index in [1.165, 1.54) is 0 Å². The van der Waals surface area contributed by atoms with Crippen LogP contribution in [-0.4, -0.2) is 34.4 Å². The SMILES string of the molecule is COc1cc(OC)c(OC)c(C2CCNC2)c1. The quantitative estimate of drug-likeness (QED) is 0.866. The molecule has 1 aromatic rings. The average molecular weight is 237 g/mol. The molecule has 1 saturated heterocycles. The molecule has 0 aliphatic carbocycles. The van der Waals surface area contributed by atoms with Crippen LogP contribution in [0.1, 0.15) is 17.9 Å². The van der Waals surface area contributed by atoms with Gasteiger partial charge in [-0.3, -0.25) is 0 Å². The van der Waals surface area contributed by atoms with Gasteiger partial charge in [-0.1, -0.05) is 0 Å². The van der Waals surface area contributed by atoms with Crippen LogP contribution in [0.25, 0.3) is 0 Å². The Morgan fingerprint density at radius 3 is 2.47 bits per heavy atom.